The molecule has 3 aliphatic heterocycles. The fraction of sp³-hybridized carbons (Fsp3) is 0.643. The minimum Gasteiger partial charge on any atom is -0.467 e. The number of halogens is 1. The topological polar surface area (TPSA) is 149 Å². The maximum Gasteiger partial charge on any atom is 0.328 e. The lowest BCUT2D eigenvalue weighted by atomic mass is 10.1. The Hall–Kier alpha value is -2.72. The first-order valence-corrected chi connectivity index (χ1v) is 17.5. The molecule has 0 radical (unpaired) electrons. The van der Waals surface area contributed by atoms with E-state index in [1.807, 2.05) is 4.90 Å². The minimum atomic E-state index is -3.88. The molecule has 44 heavy (non-hydrogen) atoms. The second kappa shape index (κ2) is 15.0. The zero-order chi connectivity index (χ0) is 32.0. The van der Waals surface area contributed by atoms with Gasteiger partial charge < -0.3 is 24.8 Å². The van der Waals surface area contributed by atoms with Gasteiger partial charge in [0.15, 0.2) is 0 Å². The van der Waals surface area contributed by atoms with Gasteiger partial charge in [-0.25, -0.2) is 18.0 Å². The fourth-order valence-electron chi connectivity index (χ4n) is 5.91. The fourth-order valence-corrected chi connectivity index (χ4v) is 7.98. The van der Waals surface area contributed by atoms with Gasteiger partial charge in [0.1, 0.15) is 12.1 Å². The molecule has 2 N–H and O–H groups in total. The van der Waals surface area contributed by atoms with Crippen LogP contribution in [0.4, 0.5) is 4.79 Å². The van der Waals surface area contributed by atoms with E-state index in [4.69, 9.17) is 11.6 Å². The second-order valence-corrected chi connectivity index (χ2v) is 14.8. The molecule has 3 fully saturated rings. The lowest BCUT2D eigenvalue weighted by Gasteiger charge is -2.34. The third-order valence-corrected chi connectivity index (χ3v) is 10.6. The van der Waals surface area contributed by atoms with Crippen LogP contribution in [0.5, 0.6) is 0 Å². The predicted molar refractivity (Wildman–Crippen MR) is 167 cm³/mol. The molecule has 4 unspecified atom stereocenters. The normalized spacial score (nSPS) is 23.7. The SMILES string of the molecule is COC(=O)C(C)NC(=O)N(C)C1CCN(CC2CCCN2C(=O)CN2CCCC(NS(=O)(=O)/C=C/c3ccc(Cl)s3)C2=O)C1. The molecule has 0 spiro atoms. The summed E-state index contributed by atoms with van der Waals surface area (Å²) < 4.78 is 33.0. The minimum absolute atomic E-state index is 0.00943. The number of ether oxygens (including phenoxy) is 1. The molecule has 1 aromatic heterocycles. The first-order chi connectivity index (χ1) is 20.9. The van der Waals surface area contributed by atoms with E-state index in [2.05, 4.69) is 19.7 Å². The van der Waals surface area contributed by atoms with Crippen LogP contribution in [0.2, 0.25) is 4.34 Å². The summed E-state index contributed by atoms with van der Waals surface area (Å²) in [7, 11) is -0.904. The van der Waals surface area contributed by atoms with Crippen LogP contribution in [0.3, 0.4) is 0 Å². The van der Waals surface area contributed by atoms with Crippen LogP contribution >= 0.6 is 22.9 Å². The molecule has 244 valence electrons. The number of urea groups is 1. The van der Waals surface area contributed by atoms with Crippen molar-refractivity contribution in [3.8, 4) is 0 Å². The van der Waals surface area contributed by atoms with E-state index in [1.165, 1.54) is 29.4 Å². The largest absolute Gasteiger partial charge is 0.467 e. The van der Waals surface area contributed by atoms with Crippen molar-refractivity contribution in [2.24, 2.45) is 0 Å². The highest BCUT2D eigenvalue weighted by Gasteiger charge is 2.37. The molecule has 4 amide bonds. The van der Waals surface area contributed by atoms with E-state index >= 15 is 0 Å². The Morgan fingerprint density at radius 3 is 2.64 bits per heavy atom. The molecular formula is C28H41ClN6O7S2. The highest BCUT2D eigenvalue weighted by atomic mass is 35.5. The lowest BCUT2D eigenvalue weighted by molar-refractivity contribution is -0.143. The summed E-state index contributed by atoms with van der Waals surface area (Å²) in [5.74, 6) is -1.06. The second-order valence-electron chi connectivity index (χ2n) is 11.5. The third kappa shape index (κ3) is 8.93. The highest BCUT2D eigenvalue weighted by Crippen LogP contribution is 2.24. The number of nitrogens with one attached hydrogen (secondary N) is 2. The Balaban J connectivity index is 1.27. The van der Waals surface area contributed by atoms with Crippen molar-refractivity contribution < 1.29 is 32.3 Å². The molecule has 3 aliphatic rings. The van der Waals surface area contributed by atoms with E-state index in [1.54, 1.807) is 31.0 Å². The average molecular weight is 673 g/mol. The molecule has 3 saturated heterocycles. The van der Waals surface area contributed by atoms with Gasteiger partial charge in [0.2, 0.25) is 21.8 Å². The third-order valence-electron chi connectivity index (χ3n) is 8.35. The lowest BCUT2D eigenvalue weighted by Crippen LogP contribution is -2.55. The summed E-state index contributed by atoms with van der Waals surface area (Å²) in [5, 5.41) is 3.68. The average Bonchev–Trinajstić information content (AvgIpc) is 3.75. The number of piperidine rings is 1. The molecule has 0 bridgehead atoms. The Morgan fingerprint density at radius 2 is 1.93 bits per heavy atom. The van der Waals surface area contributed by atoms with Crippen molar-refractivity contribution in [1.29, 1.82) is 0 Å². The molecule has 4 rings (SSSR count). The van der Waals surface area contributed by atoms with Crippen molar-refractivity contribution in [3.05, 3.63) is 26.8 Å². The number of nitrogens with zero attached hydrogens (tertiary/aromatic N) is 4. The van der Waals surface area contributed by atoms with Crippen molar-refractivity contribution in [2.75, 3.05) is 53.4 Å². The number of amides is 4. The first kappa shape index (κ1) is 34.2. The molecule has 1 aromatic rings. The maximum atomic E-state index is 13.4. The van der Waals surface area contributed by atoms with Crippen LogP contribution in [0.1, 0.15) is 43.9 Å². The van der Waals surface area contributed by atoms with E-state index in [9.17, 15) is 27.6 Å². The van der Waals surface area contributed by atoms with Gasteiger partial charge in [-0.1, -0.05) is 11.6 Å². The Bertz CT molecular complexity index is 1360. The van der Waals surface area contributed by atoms with Gasteiger partial charge in [0, 0.05) is 62.1 Å². The summed E-state index contributed by atoms with van der Waals surface area (Å²) >= 11 is 7.15. The van der Waals surface area contributed by atoms with E-state index < -0.39 is 34.0 Å². The standard InChI is InChI=1S/C28H41ClN6O7S2/c1-19(27(38)42-3)30-28(39)32(2)20-10-14-33(16-20)17-21-6-4-13-35(21)25(36)18-34-12-5-7-23(26(34)37)31-44(40,41)15-11-22-8-9-24(29)43-22/h8-9,11,15,19-21,23,31H,4-7,10,12-14,16-18H2,1-3H3,(H,30,39)/b15-11+. The molecule has 16 heteroatoms. The van der Waals surface area contributed by atoms with Crippen LogP contribution in [0.25, 0.3) is 6.08 Å². The number of hydrogen-bond acceptors (Lipinski definition) is 9. The summed E-state index contributed by atoms with van der Waals surface area (Å²) in [5.41, 5.74) is 0. The number of esters is 1. The van der Waals surface area contributed by atoms with Gasteiger partial charge in [-0.2, -0.15) is 4.72 Å². The smallest absolute Gasteiger partial charge is 0.328 e. The van der Waals surface area contributed by atoms with Gasteiger partial charge >= 0.3 is 12.0 Å². The van der Waals surface area contributed by atoms with Crippen LogP contribution < -0.4 is 10.0 Å². The summed E-state index contributed by atoms with van der Waals surface area (Å²) in [4.78, 5) is 58.7. The van der Waals surface area contributed by atoms with Gasteiger partial charge in [0.05, 0.1) is 18.0 Å². The molecule has 4 atom stereocenters. The van der Waals surface area contributed by atoms with Crippen molar-refractivity contribution in [3.63, 3.8) is 0 Å². The molecule has 4 heterocycles. The van der Waals surface area contributed by atoms with Crippen LogP contribution in [0, 0.1) is 0 Å². The number of rotatable bonds is 11. The number of carbonyl (C=O) groups excluding carboxylic acids is 4. The molecular weight excluding hydrogens is 632 g/mol. The Morgan fingerprint density at radius 1 is 1.18 bits per heavy atom. The number of hydrogen-bond donors (Lipinski definition) is 2. The van der Waals surface area contributed by atoms with Gasteiger partial charge in [0.25, 0.3) is 0 Å². The van der Waals surface area contributed by atoms with Gasteiger partial charge in [-0.15, -0.1) is 11.3 Å². The molecule has 13 nitrogen and oxygen atoms in total. The summed E-state index contributed by atoms with van der Waals surface area (Å²) in [6, 6.07) is 1.32. The van der Waals surface area contributed by atoms with E-state index in [0.29, 0.717) is 48.2 Å². The Labute approximate surface area is 267 Å². The van der Waals surface area contributed by atoms with Crippen LogP contribution in [-0.4, -0.2) is 129 Å². The van der Waals surface area contributed by atoms with Gasteiger partial charge in [-0.05, 0) is 57.2 Å². The molecule has 0 aliphatic carbocycles. The van der Waals surface area contributed by atoms with E-state index in [-0.39, 0.29) is 30.6 Å². The molecule has 0 saturated carbocycles. The number of carbonyl (C=O) groups is 4. The number of sulfonamides is 1. The quantitative estimate of drug-likeness (QED) is 0.337. The van der Waals surface area contributed by atoms with Crippen molar-refractivity contribution in [2.45, 2.75) is 63.2 Å². The first-order valence-electron chi connectivity index (χ1n) is 14.7. The highest BCUT2D eigenvalue weighted by molar-refractivity contribution is 7.92. The number of thiophene rings is 1. The van der Waals surface area contributed by atoms with E-state index in [0.717, 1.165) is 31.2 Å². The predicted octanol–water partition coefficient (Wildman–Crippen LogP) is 1.55. The molecule has 0 aromatic carbocycles. The number of likely N-dealkylation sites (tertiary alicyclic amines) is 3. The zero-order valence-corrected chi connectivity index (χ0v) is 27.6. The summed E-state index contributed by atoms with van der Waals surface area (Å²) in [6.45, 7) is 4.55. The van der Waals surface area contributed by atoms with Crippen LogP contribution in [0.15, 0.2) is 17.5 Å². The summed E-state index contributed by atoms with van der Waals surface area (Å²) in [6.07, 6.45) is 4.85. The van der Waals surface area contributed by atoms with Gasteiger partial charge in [-0.3, -0.25) is 14.5 Å². The zero-order valence-electron chi connectivity index (χ0n) is 25.2. The van der Waals surface area contributed by atoms with Crippen LogP contribution in [-0.2, 0) is 29.1 Å². The Kier molecular flexibility index (Phi) is 11.7. The van der Waals surface area contributed by atoms with Crippen molar-refractivity contribution in [1.82, 2.24) is 29.6 Å². The maximum absolute atomic E-state index is 13.4. The van der Waals surface area contributed by atoms with Crippen molar-refractivity contribution >= 4 is 62.9 Å². The number of methoxy groups -OCH3 is 1. The number of likely N-dealkylation sites (N-methyl/N-ethyl adjacent to an activating group) is 1. The monoisotopic (exact) mass is 672 g/mol.